The summed E-state index contributed by atoms with van der Waals surface area (Å²) in [6.45, 7) is 10.3. The minimum atomic E-state index is -0.617. The number of hydrogen-bond acceptors (Lipinski definition) is 5. The quantitative estimate of drug-likeness (QED) is 0.594. The Labute approximate surface area is 180 Å². The van der Waals surface area contributed by atoms with Gasteiger partial charge in [0, 0.05) is 25.0 Å². The van der Waals surface area contributed by atoms with E-state index in [2.05, 4.69) is 25.3 Å². The SMILES string of the molecule is CCOC(=O)Cn1c(=O)c2c(nc3n([C@@H]4C[C@@H](C)CC(C)(C)C4)c(C)cn23)n(C)c1=O. The van der Waals surface area contributed by atoms with Gasteiger partial charge in [0.05, 0.1) is 6.61 Å². The molecule has 3 aromatic heterocycles. The van der Waals surface area contributed by atoms with Crippen LogP contribution >= 0.6 is 0 Å². The molecular weight excluding hydrogens is 398 g/mol. The average Bonchev–Trinajstić information content (AvgIpc) is 3.16. The predicted octanol–water partition coefficient (Wildman–Crippen LogP) is 2.41. The van der Waals surface area contributed by atoms with E-state index in [1.165, 1.54) is 11.0 Å². The molecule has 0 N–H and O–H groups in total. The van der Waals surface area contributed by atoms with Crippen LogP contribution in [0.5, 0.6) is 0 Å². The molecule has 0 saturated heterocycles. The first-order valence-electron chi connectivity index (χ1n) is 10.9. The second-order valence-corrected chi connectivity index (χ2v) is 9.70. The number of aromatic nitrogens is 5. The van der Waals surface area contributed by atoms with Gasteiger partial charge in [-0.05, 0) is 44.4 Å². The maximum absolute atomic E-state index is 13.2. The van der Waals surface area contributed by atoms with Gasteiger partial charge in [0.2, 0.25) is 5.78 Å². The summed E-state index contributed by atoms with van der Waals surface area (Å²) in [7, 11) is 1.57. The smallest absolute Gasteiger partial charge is 0.333 e. The van der Waals surface area contributed by atoms with Crippen LogP contribution in [0.15, 0.2) is 15.8 Å². The highest BCUT2D eigenvalue weighted by molar-refractivity contribution is 5.76. The van der Waals surface area contributed by atoms with Gasteiger partial charge in [0.1, 0.15) is 6.54 Å². The van der Waals surface area contributed by atoms with Crippen LogP contribution < -0.4 is 11.2 Å². The van der Waals surface area contributed by atoms with E-state index >= 15 is 0 Å². The normalized spacial score (nSPS) is 21.1. The van der Waals surface area contributed by atoms with Gasteiger partial charge in [-0.3, -0.25) is 18.6 Å². The molecule has 0 spiro atoms. The number of aryl methyl sites for hydroxylation is 2. The summed E-state index contributed by atoms with van der Waals surface area (Å²) in [4.78, 5) is 42.7. The van der Waals surface area contributed by atoms with Gasteiger partial charge in [-0.25, -0.2) is 9.36 Å². The zero-order valence-corrected chi connectivity index (χ0v) is 19.1. The third-order valence-corrected chi connectivity index (χ3v) is 6.39. The predicted molar refractivity (Wildman–Crippen MR) is 117 cm³/mol. The monoisotopic (exact) mass is 429 g/mol. The molecule has 1 aliphatic rings. The molecule has 9 nitrogen and oxygen atoms in total. The fraction of sp³-hybridized carbons (Fsp3) is 0.636. The first-order chi connectivity index (χ1) is 14.5. The Bertz CT molecular complexity index is 1290. The summed E-state index contributed by atoms with van der Waals surface area (Å²) in [5.41, 5.74) is 0.745. The minimum absolute atomic E-state index is 0.186. The van der Waals surface area contributed by atoms with E-state index in [-0.39, 0.29) is 18.1 Å². The van der Waals surface area contributed by atoms with Gasteiger partial charge >= 0.3 is 11.7 Å². The van der Waals surface area contributed by atoms with Crippen molar-refractivity contribution in [2.45, 2.75) is 66.5 Å². The highest BCUT2D eigenvalue weighted by Crippen LogP contribution is 2.44. The molecular formula is C22H31N5O4. The van der Waals surface area contributed by atoms with Crippen LogP contribution in [0.2, 0.25) is 0 Å². The third-order valence-electron chi connectivity index (χ3n) is 6.39. The van der Waals surface area contributed by atoms with E-state index in [0.717, 1.165) is 23.1 Å². The first kappa shape index (κ1) is 21.4. The van der Waals surface area contributed by atoms with Crippen LogP contribution in [-0.2, 0) is 23.1 Å². The molecule has 3 heterocycles. The molecule has 168 valence electrons. The summed E-state index contributed by atoms with van der Waals surface area (Å²) < 4.78 is 11.2. The maximum atomic E-state index is 13.2. The topological polar surface area (TPSA) is 92.5 Å². The molecule has 4 rings (SSSR count). The lowest BCUT2D eigenvalue weighted by Gasteiger charge is -2.39. The van der Waals surface area contributed by atoms with E-state index in [1.807, 2.05) is 13.1 Å². The van der Waals surface area contributed by atoms with Crippen molar-refractivity contribution in [3.05, 3.63) is 32.7 Å². The largest absolute Gasteiger partial charge is 0.465 e. The summed E-state index contributed by atoms with van der Waals surface area (Å²) in [6, 6.07) is 0.270. The second kappa shape index (κ2) is 7.39. The summed E-state index contributed by atoms with van der Waals surface area (Å²) in [5, 5.41) is 0. The van der Waals surface area contributed by atoms with Gasteiger partial charge in [0.15, 0.2) is 11.2 Å². The molecule has 0 bridgehead atoms. The lowest BCUT2D eigenvalue weighted by atomic mass is 9.70. The van der Waals surface area contributed by atoms with Gasteiger partial charge in [-0.15, -0.1) is 0 Å². The number of carbonyl (C=O) groups excluding carboxylic acids is 1. The summed E-state index contributed by atoms with van der Waals surface area (Å²) >= 11 is 0. The van der Waals surface area contributed by atoms with E-state index < -0.39 is 23.8 Å². The molecule has 1 saturated carbocycles. The van der Waals surface area contributed by atoms with E-state index in [9.17, 15) is 14.4 Å². The maximum Gasteiger partial charge on any atom is 0.333 e. The Morgan fingerprint density at radius 3 is 2.65 bits per heavy atom. The number of nitrogens with zero attached hydrogens (tertiary/aromatic N) is 5. The molecule has 9 heteroatoms. The number of carbonyl (C=O) groups is 1. The lowest BCUT2D eigenvalue weighted by Crippen LogP contribution is -2.41. The van der Waals surface area contributed by atoms with E-state index in [1.54, 1.807) is 18.4 Å². The highest BCUT2D eigenvalue weighted by atomic mass is 16.5. The molecule has 0 radical (unpaired) electrons. The van der Waals surface area contributed by atoms with E-state index in [0.29, 0.717) is 22.9 Å². The van der Waals surface area contributed by atoms with Crippen molar-refractivity contribution in [1.29, 1.82) is 0 Å². The molecule has 0 unspecified atom stereocenters. The van der Waals surface area contributed by atoms with Crippen LogP contribution in [0.25, 0.3) is 16.9 Å². The number of rotatable bonds is 4. The van der Waals surface area contributed by atoms with Crippen LogP contribution in [-0.4, -0.2) is 35.7 Å². The first-order valence-corrected chi connectivity index (χ1v) is 10.9. The zero-order valence-electron chi connectivity index (χ0n) is 19.1. The highest BCUT2D eigenvalue weighted by Gasteiger charge is 2.34. The molecule has 2 atom stereocenters. The minimum Gasteiger partial charge on any atom is -0.465 e. The second-order valence-electron chi connectivity index (χ2n) is 9.70. The van der Waals surface area contributed by atoms with Gasteiger partial charge < -0.3 is 9.30 Å². The molecule has 3 aromatic rings. The molecule has 0 amide bonds. The zero-order chi connectivity index (χ0) is 22.7. The molecule has 0 aliphatic heterocycles. The van der Waals surface area contributed by atoms with Crippen LogP contribution in [0.4, 0.5) is 0 Å². The fourth-order valence-corrected chi connectivity index (χ4v) is 5.45. The van der Waals surface area contributed by atoms with Crippen molar-refractivity contribution >= 4 is 22.9 Å². The Morgan fingerprint density at radius 2 is 2.00 bits per heavy atom. The average molecular weight is 430 g/mol. The Kier molecular flexibility index (Phi) is 5.10. The molecule has 1 aliphatic carbocycles. The van der Waals surface area contributed by atoms with E-state index in [4.69, 9.17) is 9.72 Å². The Morgan fingerprint density at radius 1 is 1.29 bits per heavy atom. The summed E-state index contributed by atoms with van der Waals surface area (Å²) in [5.74, 6) is 0.628. The van der Waals surface area contributed by atoms with Gasteiger partial charge in [-0.1, -0.05) is 20.8 Å². The number of hydrogen-bond donors (Lipinski definition) is 0. The third kappa shape index (κ3) is 3.49. The number of ether oxygens (including phenoxy) is 1. The van der Waals surface area contributed by atoms with Crippen molar-refractivity contribution in [1.82, 2.24) is 23.1 Å². The van der Waals surface area contributed by atoms with Crippen LogP contribution in [0.3, 0.4) is 0 Å². The Hall–Kier alpha value is -2.84. The van der Waals surface area contributed by atoms with Crippen molar-refractivity contribution < 1.29 is 9.53 Å². The number of fused-ring (bicyclic) bond motifs is 3. The van der Waals surface area contributed by atoms with Crippen molar-refractivity contribution in [3.63, 3.8) is 0 Å². The van der Waals surface area contributed by atoms with Crippen molar-refractivity contribution in [2.75, 3.05) is 6.61 Å². The molecule has 1 fully saturated rings. The van der Waals surface area contributed by atoms with Crippen LogP contribution in [0, 0.1) is 18.3 Å². The lowest BCUT2D eigenvalue weighted by molar-refractivity contribution is -0.143. The number of esters is 1. The van der Waals surface area contributed by atoms with Crippen molar-refractivity contribution in [2.24, 2.45) is 18.4 Å². The summed E-state index contributed by atoms with van der Waals surface area (Å²) in [6.07, 6.45) is 5.16. The van der Waals surface area contributed by atoms with Gasteiger partial charge in [0.25, 0.3) is 5.56 Å². The van der Waals surface area contributed by atoms with Crippen LogP contribution in [0.1, 0.15) is 58.7 Å². The number of imidazole rings is 2. The standard InChI is InChI=1S/C22H31N5O4/c1-7-31-16(28)12-26-19(29)17-18(24(6)21(26)30)23-20-25(17)11-14(3)27(20)15-8-13(2)9-22(4,5)10-15/h11,13,15H,7-10,12H2,1-6H3/t13-,15-/m1/s1. The molecule has 31 heavy (non-hydrogen) atoms. The van der Waals surface area contributed by atoms with Crippen molar-refractivity contribution in [3.8, 4) is 0 Å². The Balaban J connectivity index is 1.93. The fourth-order valence-electron chi connectivity index (χ4n) is 5.45. The molecule has 0 aromatic carbocycles. The van der Waals surface area contributed by atoms with Gasteiger partial charge in [-0.2, -0.15) is 4.98 Å².